The molecular weight excluding hydrogens is 536 g/mol. The Labute approximate surface area is 221 Å². The van der Waals surface area contributed by atoms with Gasteiger partial charge in [0.15, 0.2) is 5.78 Å². The van der Waals surface area contributed by atoms with Crippen LogP contribution in [0.25, 0.3) is 6.08 Å². The van der Waals surface area contributed by atoms with E-state index in [0.29, 0.717) is 17.3 Å². The average Bonchev–Trinajstić information content (AvgIpc) is 3.16. The summed E-state index contributed by atoms with van der Waals surface area (Å²) in [6, 6.07) is 13.7. The molecule has 4 rings (SSSR count). The Morgan fingerprint density at radius 2 is 1.54 bits per heavy atom. The number of nitro benzene ring substituents is 3. The smallest absolute Gasteiger partial charge is 0.318 e. The third-order valence-electron chi connectivity index (χ3n) is 5.31. The van der Waals surface area contributed by atoms with Crippen LogP contribution in [0.15, 0.2) is 71.6 Å². The molecule has 0 bridgehead atoms. The minimum atomic E-state index is -0.819. The number of nitro groups is 3. The predicted octanol–water partition coefficient (Wildman–Crippen LogP) is 5.12. The van der Waals surface area contributed by atoms with Gasteiger partial charge in [0.25, 0.3) is 22.5 Å². The van der Waals surface area contributed by atoms with Gasteiger partial charge in [-0.1, -0.05) is 12.1 Å². The average molecular weight is 550 g/mol. The lowest BCUT2D eigenvalue weighted by Gasteiger charge is -2.11. The Kier molecular flexibility index (Phi) is 7.44. The first-order valence-corrected chi connectivity index (χ1v) is 11.6. The van der Waals surface area contributed by atoms with Gasteiger partial charge in [-0.25, -0.2) is 0 Å². The number of benzene rings is 3. The molecule has 1 saturated heterocycles. The topological polar surface area (TPSA) is 193 Å². The van der Waals surface area contributed by atoms with Crippen LogP contribution >= 0.6 is 11.8 Å². The second-order valence-corrected chi connectivity index (χ2v) is 8.83. The zero-order valence-electron chi connectivity index (χ0n) is 19.4. The van der Waals surface area contributed by atoms with Crippen LogP contribution < -0.4 is 4.74 Å². The van der Waals surface area contributed by atoms with Crippen molar-refractivity contribution in [2.45, 2.75) is 0 Å². The van der Waals surface area contributed by atoms with Crippen LogP contribution in [-0.2, 0) is 4.79 Å². The number of thioether (sulfide) groups is 1. The molecule has 0 unspecified atom stereocenters. The summed E-state index contributed by atoms with van der Waals surface area (Å²) in [5.74, 6) is -1.44. The van der Waals surface area contributed by atoms with Crippen molar-refractivity contribution < 1.29 is 33.9 Å². The number of hydrogen-bond donors (Lipinski definition) is 0. The maximum Gasteiger partial charge on any atom is 0.318 e. The van der Waals surface area contributed by atoms with E-state index >= 15 is 0 Å². The largest absolute Gasteiger partial charge is 0.450 e. The third-order valence-corrected chi connectivity index (χ3v) is 6.22. The van der Waals surface area contributed by atoms with Crippen LogP contribution in [0.1, 0.15) is 15.9 Å². The number of non-ortho nitro benzene ring substituents is 2. The van der Waals surface area contributed by atoms with Gasteiger partial charge in [0.05, 0.1) is 32.3 Å². The standard InChI is InChI=1S/C24H14N4O10S/c29-20(15-4-6-16(7-5-15)26(32)33)13-25-23(30)22(39-24(25)31)11-14-2-1-3-18(10-14)38-21-9-8-17(27(34)35)12-19(21)28(36)37/h1-12H,13H2/b22-11+. The van der Waals surface area contributed by atoms with Crippen LogP contribution in [0.3, 0.4) is 0 Å². The molecule has 196 valence electrons. The fourth-order valence-electron chi connectivity index (χ4n) is 3.43. The van der Waals surface area contributed by atoms with Gasteiger partial charge in [-0.3, -0.25) is 49.6 Å². The first kappa shape index (κ1) is 26.6. The molecule has 1 aliphatic rings. The van der Waals surface area contributed by atoms with E-state index in [1.165, 1.54) is 36.4 Å². The van der Waals surface area contributed by atoms with E-state index in [1.54, 1.807) is 6.07 Å². The molecule has 0 radical (unpaired) electrons. The Morgan fingerprint density at radius 1 is 0.872 bits per heavy atom. The molecule has 3 aromatic rings. The summed E-state index contributed by atoms with van der Waals surface area (Å²) < 4.78 is 5.56. The second kappa shape index (κ2) is 10.9. The highest BCUT2D eigenvalue weighted by atomic mass is 32.2. The summed E-state index contributed by atoms with van der Waals surface area (Å²) in [5, 5.41) is 32.4. The molecule has 14 nitrogen and oxygen atoms in total. The fraction of sp³-hybridized carbons (Fsp3) is 0.0417. The summed E-state index contributed by atoms with van der Waals surface area (Å²) in [6.45, 7) is -0.563. The molecular formula is C24H14N4O10S. The van der Waals surface area contributed by atoms with Crippen LogP contribution in [0, 0.1) is 30.3 Å². The van der Waals surface area contributed by atoms with Gasteiger partial charge in [-0.15, -0.1) is 0 Å². The third kappa shape index (κ3) is 5.94. The van der Waals surface area contributed by atoms with Gasteiger partial charge in [-0.2, -0.15) is 0 Å². The SMILES string of the molecule is O=C(CN1C(=O)S/C(=C/c2cccc(Oc3ccc([N+](=O)[O-])cc3[N+](=O)[O-])c2)C1=O)c1ccc([N+](=O)[O-])cc1. The van der Waals surface area contributed by atoms with E-state index < -0.39 is 49.6 Å². The quantitative estimate of drug-likeness (QED) is 0.148. The number of nitrogens with zero attached hydrogens (tertiary/aromatic N) is 4. The fourth-order valence-corrected chi connectivity index (χ4v) is 4.27. The molecule has 0 aromatic heterocycles. The predicted molar refractivity (Wildman–Crippen MR) is 136 cm³/mol. The maximum absolute atomic E-state index is 12.8. The van der Waals surface area contributed by atoms with Crippen molar-refractivity contribution in [3.63, 3.8) is 0 Å². The van der Waals surface area contributed by atoms with Gasteiger partial charge in [0.1, 0.15) is 5.75 Å². The molecule has 15 heteroatoms. The number of ether oxygens (including phenoxy) is 1. The van der Waals surface area contributed by atoms with Gasteiger partial charge < -0.3 is 4.74 Å². The summed E-state index contributed by atoms with van der Waals surface area (Å²) in [7, 11) is 0. The minimum absolute atomic E-state index is 0.00923. The number of hydrogen-bond acceptors (Lipinski definition) is 11. The van der Waals surface area contributed by atoms with Crippen molar-refractivity contribution in [1.82, 2.24) is 4.90 Å². The normalized spacial score (nSPS) is 13.9. The number of carbonyl (C=O) groups is 3. The van der Waals surface area contributed by atoms with Gasteiger partial charge in [0, 0.05) is 23.8 Å². The number of carbonyl (C=O) groups excluding carboxylic acids is 3. The van der Waals surface area contributed by atoms with Crippen molar-refractivity contribution >= 4 is 51.8 Å². The molecule has 1 fully saturated rings. The molecule has 0 saturated carbocycles. The van der Waals surface area contributed by atoms with Gasteiger partial charge >= 0.3 is 5.69 Å². The van der Waals surface area contributed by atoms with Crippen molar-refractivity contribution in [3.8, 4) is 11.5 Å². The zero-order valence-corrected chi connectivity index (χ0v) is 20.2. The van der Waals surface area contributed by atoms with Crippen molar-refractivity contribution in [1.29, 1.82) is 0 Å². The lowest BCUT2D eigenvalue weighted by atomic mass is 10.1. The summed E-state index contributed by atoms with van der Waals surface area (Å²) in [6.07, 6.45) is 1.37. The highest BCUT2D eigenvalue weighted by molar-refractivity contribution is 8.18. The molecule has 2 amide bonds. The van der Waals surface area contributed by atoms with E-state index in [0.717, 1.165) is 35.2 Å². The summed E-state index contributed by atoms with van der Waals surface area (Å²) in [5.41, 5.74) is -0.827. The van der Waals surface area contributed by atoms with Crippen molar-refractivity contribution in [3.05, 3.63) is 113 Å². The minimum Gasteiger partial charge on any atom is -0.450 e. The van der Waals surface area contributed by atoms with Crippen LogP contribution in [-0.4, -0.2) is 43.1 Å². The monoisotopic (exact) mass is 550 g/mol. The lowest BCUT2D eigenvalue weighted by molar-refractivity contribution is -0.394. The molecule has 0 aliphatic carbocycles. The lowest BCUT2D eigenvalue weighted by Crippen LogP contribution is -2.33. The highest BCUT2D eigenvalue weighted by Crippen LogP contribution is 2.36. The van der Waals surface area contributed by atoms with E-state index in [1.807, 2.05) is 0 Å². The number of ketones is 1. The summed E-state index contributed by atoms with van der Waals surface area (Å²) in [4.78, 5) is 69.4. The first-order chi connectivity index (χ1) is 18.5. The van der Waals surface area contributed by atoms with Crippen molar-refractivity contribution in [2.24, 2.45) is 0 Å². The summed E-state index contributed by atoms with van der Waals surface area (Å²) >= 11 is 0.604. The molecule has 0 spiro atoms. The highest BCUT2D eigenvalue weighted by Gasteiger charge is 2.36. The number of rotatable bonds is 9. The maximum atomic E-state index is 12.8. The molecule has 39 heavy (non-hydrogen) atoms. The van der Waals surface area contributed by atoms with Crippen LogP contribution in [0.2, 0.25) is 0 Å². The van der Waals surface area contributed by atoms with Crippen LogP contribution in [0.4, 0.5) is 21.9 Å². The molecule has 0 atom stereocenters. The van der Waals surface area contributed by atoms with Gasteiger partial charge in [0.2, 0.25) is 5.75 Å². The van der Waals surface area contributed by atoms with E-state index in [9.17, 15) is 44.7 Å². The zero-order chi connectivity index (χ0) is 28.3. The van der Waals surface area contributed by atoms with E-state index in [2.05, 4.69) is 0 Å². The van der Waals surface area contributed by atoms with E-state index in [-0.39, 0.29) is 27.7 Å². The molecule has 1 aliphatic heterocycles. The Morgan fingerprint density at radius 3 is 2.18 bits per heavy atom. The molecule has 0 N–H and O–H groups in total. The molecule has 3 aromatic carbocycles. The second-order valence-electron chi connectivity index (χ2n) is 7.84. The Hall–Kier alpha value is -5.44. The Balaban J connectivity index is 1.51. The van der Waals surface area contributed by atoms with Crippen LogP contribution in [0.5, 0.6) is 11.5 Å². The number of amides is 2. The van der Waals surface area contributed by atoms with Crippen molar-refractivity contribution in [2.75, 3.05) is 6.54 Å². The van der Waals surface area contributed by atoms with Gasteiger partial charge in [-0.05, 0) is 53.7 Å². The first-order valence-electron chi connectivity index (χ1n) is 10.8. The Bertz CT molecular complexity index is 1590. The van der Waals surface area contributed by atoms with E-state index in [4.69, 9.17) is 4.74 Å². The number of Topliss-reactive ketones (excluding diaryl/α,β-unsaturated/α-hetero) is 1. The molecule has 1 heterocycles. The number of imide groups is 1.